The average molecular weight is 357 g/mol. The maximum atomic E-state index is 13.1. The Bertz CT molecular complexity index is 801. The fourth-order valence-electron chi connectivity index (χ4n) is 3.56. The van der Waals surface area contributed by atoms with Crippen LogP contribution in [0.1, 0.15) is 60.2 Å². The molecule has 1 aliphatic heterocycles. The van der Waals surface area contributed by atoms with Gasteiger partial charge in [0.15, 0.2) is 0 Å². The van der Waals surface area contributed by atoms with Crippen LogP contribution in [-0.4, -0.2) is 54.4 Å². The number of pyridine rings is 1. The van der Waals surface area contributed by atoms with Crippen LogP contribution in [0.15, 0.2) is 18.5 Å². The van der Waals surface area contributed by atoms with Gasteiger partial charge in [0.25, 0.3) is 5.91 Å². The van der Waals surface area contributed by atoms with Crippen LogP contribution in [0.3, 0.4) is 0 Å². The van der Waals surface area contributed by atoms with Gasteiger partial charge >= 0.3 is 0 Å². The first kappa shape index (κ1) is 18.5. The summed E-state index contributed by atoms with van der Waals surface area (Å²) in [5.74, 6) is 0.829. The molecule has 0 aromatic carbocycles. The Morgan fingerprint density at radius 1 is 1.38 bits per heavy atom. The van der Waals surface area contributed by atoms with Crippen molar-refractivity contribution in [2.24, 2.45) is 7.05 Å². The molecule has 1 amide bonds. The van der Waals surface area contributed by atoms with Crippen molar-refractivity contribution in [2.75, 3.05) is 13.1 Å². The Kier molecular flexibility index (Phi) is 5.09. The van der Waals surface area contributed by atoms with E-state index in [1.807, 2.05) is 40.0 Å². The molecule has 1 atom stereocenters. The van der Waals surface area contributed by atoms with E-state index in [0.29, 0.717) is 31.5 Å². The monoisotopic (exact) mass is 357 g/mol. The van der Waals surface area contributed by atoms with E-state index in [2.05, 4.69) is 15.2 Å². The molecule has 1 fully saturated rings. The summed E-state index contributed by atoms with van der Waals surface area (Å²) in [5.41, 5.74) is 1.37. The Morgan fingerprint density at radius 3 is 2.81 bits per heavy atom. The lowest BCUT2D eigenvalue weighted by Crippen LogP contribution is -2.52. The summed E-state index contributed by atoms with van der Waals surface area (Å²) in [6, 6.07) is 3.73. The third kappa shape index (κ3) is 3.77. The van der Waals surface area contributed by atoms with E-state index in [9.17, 15) is 9.90 Å². The van der Waals surface area contributed by atoms with E-state index in [1.54, 1.807) is 15.8 Å². The zero-order valence-corrected chi connectivity index (χ0v) is 15.9. The second kappa shape index (κ2) is 7.15. The number of rotatable bonds is 4. The van der Waals surface area contributed by atoms with Crippen LogP contribution in [-0.2, 0) is 13.5 Å². The highest BCUT2D eigenvalue weighted by Gasteiger charge is 2.37. The number of aryl methyl sites for hydroxylation is 2. The van der Waals surface area contributed by atoms with Crippen molar-refractivity contribution in [2.45, 2.75) is 51.6 Å². The number of piperidine rings is 1. The standard InChI is InChI=1S/C19H27N5O2/c1-13(2)17-15(7-6-14(3)21-17)18(25)24-9-5-8-19(26,11-24)10-16-22-20-12-23(16)4/h6-7,12-13,26H,5,8-11H2,1-4H3. The topological polar surface area (TPSA) is 84.1 Å². The quantitative estimate of drug-likeness (QED) is 0.903. The van der Waals surface area contributed by atoms with Gasteiger partial charge in [-0.25, -0.2) is 0 Å². The van der Waals surface area contributed by atoms with Gasteiger partial charge in [0.1, 0.15) is 12.2 Å². The molecule has 26 heavy (non-hydrogen) atoms. The summed E-state index contributed by atoms with van der Waals surface area (Å²) in [6.45, 7) is 6.95. The number of β-amino-alcohol motifs (C(OH)–C–C–N with tert-alkyl or cyclic N) is 1. The highest BCUT2D eigenvalue weighted by molar-refractivity contribution is 5.95. The van der Waals surface area contributed by atoms with Crippen molar-refractivity contribution >= 4 is 5.91 Å². The lowest BCUT2D eigenvalue weighted by atomic mass is 9.88. The van der Waals surface area contributed by atoms with Crippen molar-refractivity contribution in [1.82, 2.24) is 24.6 Å². The number of likely N-dealkylation sites (tertiary alicyclic amines) is 1. The molecule has 1 N–H and O–H groups in total. The fourth-order valence-corrected chi connectivity index (χ4v) is 3.56. The maximum absolute atomic E-state index is 13.1. The molecule has 140 valence electrons. The van der Waals surface area contributed by atoms with Gasteiger partial charge in [-0.1, -0.05) is 13.8 Å². The normalized spacial score (nSPS) is 20.6. The first-order valence-electron chi connectivity index (χ1n) is 9.11. The predicted molar refractivity (Wildman–Crippen MR) is 97.9 cm³/mol. The van der Waals surface area contributed by atoms with Crippen LogP contribution >= 0.6 is 0 Å². The molecule has 7 heteroatoms. The average Bonchev–Trinajstić information content (AvgIpc) is 2.98. The molecular weight excluding hydrogens is 330 g/mol. The van der Waals surface area contributed by atoms with E-state index in [-0.39, 0.29) is 11.8 Å². The summed E-state index contributed by atoms with van der Waals surface area (Å²) in [5, 5.41) is 19.0. The van der Waals surface area contributed by atoms with Crippen LogP contribution < -0.4 is 0 Å². The molecule has 0 aliphatic carbocycles. The van der Waals surface area contributed by atoms with Crippen molar-refractivity contribution in [3.8, 4) is 0 Å². The number of aliphatic hydroxyl groups is 1. The van der Waals surface area contributed by atoms with Crippen molar-refractivity contribution in [3.63, 3.8) is 0 Å². The molecule has 1 aliphatic rings. The van der Waals surface area contributed by atoms with Gasteiger partial charge in [0, 0.05) is 25.7 Å². The van der Waals surface area contributed by atoms with Gasteiger partial charge in [-0.15, -0.1) is 10.2 Å². The van der Waals surface area contributed by atoms with Gasteiger partial charge in [-0.05, 0) is 37.8 Å². The Balaban J connectivity index is 1.81. The Labute approximate surface area is 154 Å². The summed E-state index contributed by atoms with van der Waals surface area (Å²) in [6.07, 6.45) is 3.41. The SMILES string of the molecule is Cc1ccc(C(=O)N2CCCC(O)(Cc3nncn3C)C2)c(C(C)C)n1. The van der Waals surface area contributed by atoms with Crippen molar-refractivity contribution < 1.29 is 9.90 Å². The zero-order chi connectivity index (χ0) is 18.9. The third-order valence-corrected chi connectivity index (χ3v) is 4.98. The van der Waals surface area contributed by atoms with Gasteiger partial charge in [-0.3, -0.25) is 9.78 Å². The van der Waals surface area contributed by atoms with Crippen LogP contribution in [0.5, 0.6) is 0 Å². The third-order valence-electron chi connectivity index (χ3n) is 4.98. The summed E-state index contributed by atoms with van der Waals surface area (Å²) >= 11 is 0. The second-order valence-corrected chi connectivity index (χ2v) is 7.63. The number of carbonyl (C=O) groups excluding carboxylic acids is 1. The molecule has 0 radical (unpaired) electrons. The van der Waals surface area contributed by atoms with E-state index in [0.717, 1.165) is 23.6 Å². The van der Waals surface area contributed by atoms with Crippen LogP contribution in [0.25, 0.3) is 0 Å². The summed E-state index contributed by atoms with van der Waals surface area (Å²) < 4.78 is 1.81. The molecular formula is C19H27N5O2. The van der Waals surface area contributed by atoms with Crippen LogP contribution in [0, 0.1) is 6.92 Å². The van der Waals surface area contributed by atoms with Gasteiger partial charge < -0.3 is 14.6 Å². The fraction of sp³-hybridized carbons (Fsp3) is 0.579. The van der Waals surface area contributed by atoms with Crippen molar-refractivity contribution in [1.29, 1.82) is 0 Å². The molecule has 0 bridgehead atoms. The number of hydrogen-bond acceptors (Lipinski definition) is 5. The Morgan fingerprint density at radius 2 is 2.15 bits per heavy atom. The zero-order valence-electron chi connectivity index (χ0n) is 15.9. The number of aromatic nitrogens is 4. The molecule has 3 heterocycles. The molecule has 2 aromatic rings. The van der Waals surface area contributed by atoms with Crippen LogP contribution in [0.2, 0.25) is 0 Å². The lowest BCUT2D eigenvalue weighted by molar-refractivity contribution is -0.0258. The minimum Gasteiger partial charge on any atom is -0.388 e. The van der Waals surface area contributed by atoms with Crippen LogP contribution in [0.4, 0.5) is 0 Å². The van der Waals surface area contributed by atoms with E-state index in [4.69, 9.17) is 0 Å². The van der Waals surface area contributed by atoms with E-state index >= 15 is 0 Å². The highest BCUT2D eigenvalue weighted by Crippen LogP contribution is 2.27. The first-order valence-corrected chi connectivity index (χ1v) is 9.11. The smallest absolute Gasteiger partial charge is 0.255 e. The molecule has 7 nitrogen and oxygen atoms in total. The summed E-state index contributed by atoms with van der Waals surface area (Å²) in [4.78, 5) is 19.4. The highest BCUT2D eigenvalue weighted by atomic mass is 16.3. The van der Waals surface area contributed by atoms with Gasteiger partial charge in [-0.2, -0.15) is 0 Å². The maximum Gasteiger partial charge on any atom is 0.255 e. The van der Waals surface area contributed by atoms with E-state index in [1.165, 1.54) is 0 Å². The molecule has 1 saturated heterocycles. The molecule has 1 unspecified atom stereocenters. The second-order valence-electron chi connectivity index (χ2n) is 7.63. The largest absolute Gasteiger partial charge is 0.388 e. The van der Waals surface area contributed by atoms with Crippen molar-refractivity contribution in [3.05, 3.63) is 41.2 Å². The number of hydrogen-bond donors (Lipinski definition) is 1. The number of nitrogens with zero attached hydrogens (tertiary/aromatic N) is 5. The lowest BCUT2D eigenvalue weighted by Gasteiger charge is -2.39. The number of amides is 1. The molecule has 3 rings (SSSR count). The van der Waals surface area contributed by atoms with Gasteiger partial charge in [0.05, 0.1) is 23.4 Å². The predicted octanol–water partition coefficient (Wildman–Crippen LogP) is 1.85. The van der Waals surface area contributed by atoms with Gasteiger partial charge in [0.2, 0.25) is 0 Å². The molecule has 2 aromatic heterocycles. The minimum atomic E-state index is -0.981. The summed E-state index contributed by atoms with van der Waals surface area (Å²) in [7, 11) is 1.86. The first-order chi connectivity index (χ1) is 12.3. The minimum absolute atomic E-state index is 0.0581. The molecule has 0 saturated carbocycles. The Hall–Kier alpha value is -2.28. The van der Waals surface area contributed by atoms with E-state index < -0.39 is 5.60 Å². The number of carbonyl (C=O) groups is 1. The molecule has 0 spiro atoms.